The summed E-state index contributed by atoms with van der Waals surface area (Å²) in [5.41, 5.74) is 11.2. The van der Waals surface area contributed by atoms with Gasteiger partial charge in [0.1, 0.15) is 0 Å². The predicted octanol–water partition coefficient (Wildman–Crippen LogP) is 4.03. The van der Waals surface area contributed by atoms with Gasteiger partial charge >= 0.3 is 0 Å². The summed E-state index contributed by atoms with van der Waals surface area (Å²) in [7, 11) is 3.20. The molecule has 0 saturated carbocycles. The maximum absolute atomic E-state index is 6.05. The van der Waals surface area contributed by atoms with Crippen LogP contribution in [0.2, 0.25) is 0 Å². The molecule has 7 heteroatoms. The first-order chi connectivity index (χ1) is 15.2. The molecule has 4 aromatic rings. The summed E-state index contributed by atoms with van der Waals surface area (Å²) in [5.74, 6) is 1.62. The molecule has 0 fully saturated rings. The van der Waals surface area contributed by atoms with Crippen molar-refractivity contribution in [3.05, 3.63) is 84.2 Å². The van der Waals surface area contributed by atoms with Crippen LogP contribution < -0.4 is 20.5 Å². The Kier molecular flexibility index (Phi) is 6.03. The van der Waals surface area contributed by atoms with Gasteiger partial charge in [-0.1, -0.05) is 36.4 Å². The van der Waals surface area contributed by atoms with Gasteiger partial charge in [0, 0.05) is 18.3 Å². The van der Waals surface area contributed by atoms with E-state index in [0.717, 1.165) is 28.8 Å². The number of nitrogens with one attached hydrogen (secondary N) is 1. The van der Waals surface area contributed by atoms with Gasteiger partial charge in [-0.05, 0) is 35.4 Å². The first-order valence-corrected chi connectivity index (χ1v) is 9.93. The number of aromatic nitrogens is 2. The van der Waals surface area contributed by atoms with E-state index < -0.39 is 0 Å². The Hall–Kier alpha value is -4.00. The van der Waals surface area contributed by atoms with Crippen LogP contribution in [0.25, 0.3) is 11.0 Å². The van der Waals surface area contributed by atoms with E-state index in [2.05, 4.69) is 50.2 Å². The van der Waals surface area contributed by atoms with Crippen molar-refractivity contribution in [1.29, 1.82) is 0 Å². The van der Waals surface area contributed by atoms with Crippen molar-refractivity contribution in [1.82, 2.24) is 9.55 Å². The minimum Gasteiger partial charge on any atom is -0.493 e. The molecule has 1 heterocycles. The number of guanidine groups is 1. The quantitative estimate of drug-likeness (QED) is 0.352. The van der Waals surface area contributed by atoms with Crippen molar-refractivity contribution in [3.63, 3.8) is 0 Å². The molecule has 3 N–H and O–H groups in total. The second-order valence-electron chi connectivity index (χ2n) is 7.07. The van der Waals surface area contributed by atoms with E-state index >= 15 is 0 Å². The molecule has 0 bridgehead atoms. The third-order valence-corrected chi connectivity index (χ3v) is 4.99. The Labute approximate surface area is 181 Å². The van der Waals surface area contributed by atoms with E-state index in [4.69, 9.17) is 15.2 Å². The highest BCUT2D eigenvalue weighted by Gasteiger charge is 2.05. The first-order valence-electron chi connectivity index (χ1n) is 9.93. The minimum atomic E-state index is 0.334. The zero-order chi connectivity index (χ0) is 21.6. The van der Waals surface area contributed by atoms with Gasteiger partial charge in [0.2, 0.25) is 0 Å². The molecule has 3 aromatic carbocycles. The Morgan fingerprint density at radius 2 is 1.71 bits per heavy atom. The number of ether oxygens (including phenoxy) is 2. The molecule has 158 valence electrons. The Bertz CT molecular complexity index is 1200. The predicted molar refractivity (Wildman–Crippen MR) is 124 cm³/mol. The number of fused-ring (bicyclic) bond motifs is 1. The van der Waals surface area contributed by atoms with Crippen molar-refractivity contribution in [2.24, 2.45) is 10.7 Å². The fraction of sp³-hybridized carbons (Fsp3) is 0.167. The summed E-state index contributed by atoms with van der Waals surface area (Å²) >= 11 is 0. The average Bonchev–Trinajstić information content (AvgIpc) is 3.21. The Morgan fingerprint density at radius 3 is 2.48 bits per heavy atom. The summed E-state index contributed by atoms with van der Waals surface area (Å²) in [6, 6.07) is 22.0. The number of rotatable bonds is 7. The zero-order valence-electron chi connectivity index (χ0n) is 17.6. The van der Waals surface area contributed by atoms with Gasteiger partial charge in [0.15, 0.2) is 17.5 Å². The fourth-order valence-electron chi connectivity index (χ4n) is 3.36. The molecule has 7 nitrogen and oxygen atoms in total. The smallest absolute Gasteiger partial charge is 0.193 e. The number of nitrogens with zero attached hydrogens (tertiary/aromatic N) is 3. The highest BCUT2D eigenvalue weighted by atomic mass is 16.5. The monoisotopic (exact) mass is 415 g/mol. The third kappa shape index (κ3) is 4.78. The lowest BCUT2D eigenvalue weighted by Crippen LogP contribution is -2.22. The van der Waals surface area contributed by atoms with E-state index in [-0.39, 0.29) is 0 Å². The largest absolute Gasteiger partial charge is 0.493 e. The SMILES string of the molecule is COc1ccc(NC(N)=NCc2ccc(Cn3cnc4ccccc43)cc2)cc1OC. The number of imidazole rings is 1. The maximum Gasteiger partial charge on any atom is 0.193 e. The van der Waals surface area contributed by atoms with E-state index in [1.165, 1.54) is 5.56 Å². The fourth-order valence-corrected chi connectivity index (χ4v) is 3.36. The summed E-state index contributed by atoms with van der Waals surface area (Å²) in [5, 5.41) is 3.08. The molecule has 0 radical (unpaired) electrons. The molecule has 0 saturated heterocycles. The lowest BCUT2D eigenvalue weighted by molar-refractivity contribution is 0.355. The number of anilines is 1. The van der Waals surface area contributed by atoms with Gasteiger partial charge in [0.05, 0.1) is 38.1 Å². The van der Waals surface area contributed by atoms with Crippen LogP contribution in [-0.4, -0.2) is 29.7 Å². The molecule has 31 heavy (non-hydrogen) atoms. The molecule has 0 amide bonds. The van der Waals surface area contributed by atoms with Crippen molar-refractivity contribution in [2.45, 2.75) is 13.1 Å². The van der Waals surface area contributed by atoms with Gasteiger partial charge in [0.25, 0.3) is 0 Å². The molecule has 1 aromatic heterocycles. The molecule has 0 aliphatic carbocycles. The molecular weight excluding hydrogens is 390 g/mol. The molecule has 0 aliphatic rings. The highest BCUT2D eigenvalue weighted by molar-refractivity contribution is 5.92. The van der Waals surface area contributed by atoms with Crippen molar-refractivity contribution >= 4 is 22.7 Å². The van der Waals surface area contributed by atoms with Gasteiger partial charge in [-0.25, -0.2) is 9.98 Å². The number of benzene rings is 3. The van der Waals surface area contributed by atoms with E-state index in [1.807, 2.05) is 42.7 Å². The number of hydrogen-bond donors (Lipinski definition) is 2. The number of hydrogen-bond acceptors (Lipinski definition) is 4. The first kappa shape index (κ1) is 20.3. The third-order valence-electron chi connectivity index (χ3n) is 4.99. The van der Waals surface area contributed by atoms with Crippen LogP contribution in [0.5, 0.6) is 11.5 Å². The number of methoxy groups -OCH3 is 2. The summed E-state index contributed by atoms with van der Waals surface area (Å²) < 4.78 is 12.7. The summed E-state index contributed by atoms with van der Waals surface area (Å²) in [6.45, 7) is 1.26. The standard InChI is InChI=1S/C24H25N5O2/c1-30-22-12-11-19(13-23(22)31-2)28-24(25)26-14-17-7-9-18(10-8-17)15-29-16-27-20-5-3-4-6-21(20)29/h3-13,16H,14-15H2,1-2H3,(H3,25,26,28). The molecule has 4 rings (SSSR count). The molecule has 0 aliphatic heterocycles. The molecular formula is C24H25N5O2. The zero-order valence-corrected chi connectivity index (χ0v) is 17.6. The molecule has 0 atom stereocenters. The van der Waals surface area contributed by atoms with E-state index in [0.29, 0.717) is 24.0 Å². The lowest BCUT2D eigenvalue weighted by Gasteiger charge is -2.11. The van der Waals surface area contributed by atoms with Crippen LogP contribution in [0, 0.1) is 0 Å². The van der Waals surface area contributed by atoms with Crippen LogP contribution in [0.3, 0.4) is 0 Å². The molecule has 0 unspecified atom stereocenters. The van der Waals surface area contributed by atoms with Crippen molar-refractivity contribution < 1.29 is 9.47 Å². The summed E-state index contributed by atoms with van der Waals surface area (Å²) in [6.07, 6.45) is 1.88. The van der Waals surface area contributed by atoms with Crippen LogP contribution in [0.1, 0.15) is 11.1 Å². The normalized spacial score (nSPS) is 11.5. The number of aliphatic imine (C=N–C) groups is 1. The van der Waals surface area contributed by atoms with Gasteiger partial charge < -0.3 is 25.1 Å². The van der Waals surface area contributed by atoms with Crippen LogP contribution >= 0.6 is 0 Å². The minimum absolute atomic E-state index is 0.334. The average molecular weight is 415 g/mol. The van der Waals surface area contributed by atoms with Crippen molar-refractivity contribution in [3.8, 4) is 11.5 Å². The topological polar surface area (TPSA) is 86.7 Å². The maximum atomic E-state index is 6.05. The van der Waals surface area contributed by atoms with Gasteiger partial charge in [-0.15, -0.1) is 0 Å². The lowest BCUT2D eigenvalue weighted by atomic mass is 10.1. The van der Waals surface area contributed by atoms with Crippen molar-refractivity contribution in [2.75, 3.05) is 19.5 Å². The van der Waals surface area contributed by atoms with E-state index in [9.17, 15) is 0 Å². The second-order valence-corrected chi connectivity index (χ2v) is 7.07. The number of para-hydroxylation sites is 2. The van der Waals surface area contributed by atoms with Crippen LogP contribution in [-0.2, 0) is 13.1 Å². The number of nitrogens with two attached hydrogens (primary N) is 1. The molecule has 0 spiro atoms. The van der Waals surface area contributed by atoms with Crippen LogP contribution in [0.4, 0.5) is 5.69 Å². The van der Waals surface area contributed by atoms with Gasteiger partial charge in [-0.3, -0.25) is 0 Å². The van der Waals surface area contributed by atoms with E-state index in [1.54, 1.807) is 14.2 Å². The van der Waals surface area contributed by atoms with Crippen LogP contribution in [0.15, 0.2) is 78.0 Å². The highest BCUT2D eigenvalue weighted by Crippen LogP contribution is 2.29. The second kappa shape index (κ2) is 9.21. The summed E-state index contributed by atoms with van der Waals surface area (Å²) in [4.78, 5) is 8.88. The Morgan fingerprint density at radius 1 is 0.968 bits per heavy atom. The Balaban J connectivity index is 1.38. The van der Waals surface area contributed by atoms with Gasteiger partial charge in [-0.2, -0.15) is 0 Å².